The second-order valence-electron chi connectivity index (χ2n) is 2.84. The molecule has 1 rings (SSSR count). The van der Waals surface area contributed by atoms with Crippen molar-refractivity contribution in [2.24, 2.45) is 0 Å². The summed E-state index contributed by atoms with van der Waals surface area (Å²) in [5, 5.41) is 26.7. The van der Waals surface area contributed by atoms with Crippen molar-refractivity contribution in [1.29, 1.82) is 5.26 Å². The molecule has 0 unspecified atom stereocenters. The molecule has 0 aromatic carbocycles. The maximum Gasteiger partial charge on any atom is 0.203 e. The highest BCUT2D eigenvalue weighted by atomic mass is 16.5. The molecule has 4 heteroatoms. The summed E-state index contributed by atoms with van der Waals surface area (Å²) in [7, 11) is 0. The lowest BCUT2D eigenvalue weighted by molar-refractivity contribution is -0.0685. The van der Waals surface area contributed by atoms with E-state index in [1.165, 1.54) is 0 Å². The van der Waals surface area contributed by atoms with Gasteiger partial charge >= 0.3 is 0 Å². The van der Waals surface area contributed by atoms with Crippen molar-refractivity contribution in [1.82, 2.24) is 0 Å². The lowest BCUT2D eigenvalue weighted by Gasteiger charge is -2.20. The molecule has 4 nitrogen and oxygen atoms in total. The van der Waals surface area contributed by atoms with Crippen LogP contribution in [-0.4, -0.2) is 34.6 Å². The Kier molecular flexibility index (Phi) is 2.14. The van der Waals surface area contributed by atoms with Crippen LogP contribution < -0.4 is 0 Å². The fraction of sp³-hybridized carbons (Fsp3) is 0.857. The number of nitriles is 1. The number of ether oxygens (including phenoxy) is 1. The van der Waals surface area contributed by atoms with Gasteiger partial charge < -0.3 is 14.9 Å². The summed E-state index contributed by atoms with van der Waals surface area (Å²) in [4.78, 5) is 0. The number of hydrogen-bond donors (Lipinski definition) is 2. The Labute approximate surface area is 65.0 Å². The first-order valence-electron chi connectivity index (χ1n) is 3.52. The zero-order valence-corrected chi connectivity index (χ0v) is 6.32. The highest BCUT2D eigenvalue weighted by molar-refractivity contribution is 5.10. The van der Waals surface area contributed by atoms with Gasteiger partial charge in [0.1, 0.15) is 12.2 Å². The molecule has 0 aromatic heterocycles. The molecule has 0 aliphatic carbocycles. The molecule has 1 fully saturated rings. The van der Waals surface area contributed by atoms with Gasteiger partial charge in [0.2, 0.25) is 5.60 Å². The van der Waals surface area contributed by atoms with Crippen LogP contribution in [0.5, 0.6) is 0 Å². The topological polar surface area (TPSA) is 73.5 Å². The third kappa shape index (κ3) is 1.23. The maximum absolute atomic E-state index is 9.30. The Hall–Kier alpha value is -0.630. The van der Waals surface area contributed by atoms with Crippen molar-refractivity contribution in [3.63, 3.8) is 0 Å². The summed E-state index contributed by atoms with van der Waals surface area (Å²) < 4.78 is 5.10. The molecule has 0 saturated carbocycles. The molecule has 0 radical (unpaired) electrons. The Morgan fingerprint density at radius 2 is 2.45 bits per heavy atom. The summed E-state index contributed by atoms with van der Waals surface area (Å²) in [6, 6.07) is 1.79. The third-order valence-corrected chi connectivity index (χ3v) is 1.93. The van der Waals surface area contributed by atoms with Gasteiger partial charge in [0.05, 0.1) is 12.7 Å². The Balaban J connectivity index is 2.78. The van der Waals surface area contributed by atoms with E-state index in [1.54, 1.807) is 13.0 Å². The van der Waals surface area contributed by atoms with Gasteiger partial charge in [0, 0.05) is 6.42 Å². The minimum atomic E-state index is -1.38. The molecule has 1 heterocycles. The smallest absolute Gasteiger partial charge is 0.203 e. The zero-order chi connectivity index (χ0) is 8.48. The van der Waals surface area contributed by atoms with Gasteiger partial charge in [0.25, 0.3) is 0 Å². The molecule has 62 valence electrons. The number of aliphatic hydroxyl groups excluding tert-OH is 2. The van der Waals surface area contributed by atoms with E-state index in [-0.39, 0.29) is 6.10 Å². The van der Waals surface area contributed by atoms with E-state index < -0.39 is 18.3 Å². The molecule has 11 heavy (non-hydrogen) atoms. The summed E-state index contributed by atoms with van der Waals surface area (Å²) >= 11 is 0. The monoisotopic (exact) mass is 157 g/mol. The van der Waals surface area contributed by atoms with E-state index in [0.717, 1.165) is 0 Å². The van der Waals surface area contributed by atoms with Crippen LogP contribution in [0.25, 0.3) is 0 Å². The van der Waals surface area contributed by atoms with Crippen LogP contribution in [0.1, 0.15) is 13.3 Å². The normalized spacial score (nSPS) is 43.8. The fourth-order valence-electron chi connectivity index (χ4n) is 1.27. The average molecular weight is 157 g/mol. The lowest BCUT2D eigenvalue weighted by atomic mass is 9.99. The van der Waals surface area contributed by atoms with Gasteiger partial charge in [-0.1, -0.05) is 0 Å². The standard InChI is InChI=1S/C7H11NO3/c1-5-2-6(10)7(3-8,4-9)11-5/h5-6,9-10H,2,4H2,1H3/t5-,6-,7+/m0/s1. The van der Waals surface area contributed by atoms with Crippen LogP contribution >= 0.6 is 0 Å². The Morgan fingerprint density at radius 1 is 1.82 bits per heavy atom. The molecule has 1 aliphatic heterocycles. The van der Waals surface area contributed by atoms with Gasteiger partial charge in [-0.2, -0.15) is 5.26 Å². The molecule has 0 amide bonds. The van der Waals surface area contributed by atoms with Gasteiger partial charge in [0.15, 0.2) is 0 Å². The summed E-state index contributed by atoms with van der Waals surface area (Å²) in [5.74, 6) is 0. The van der Waals surface area contributed by atoms with Crippen molar-refractivity contribution in [3.05, 3.63) is 0 Å². The highest BCUT2D eigenvalue weighted by Gasteiger charge is 2.46. The second kappa shape index (κ2) is 2.78. The number of nitrogens with zero attached hydrogens (tertiary/aromatic N) is 1. The van der Waals surface area contributed by atoms with Gasteiger partial charge in [-0.25, -0.2) is 0 Å². The SMILES string of the molecule is C[C@H]1C[C@H](O)[C@@](C#N)(CO)O1. The van der Waals surface area contributed by atoms with E-state index in [0.29, 0.717) is 6.42 Å². The molecular formula is C7H11NO3. The number of aliphatic hydroxyl groups is 2. The van der Waals surface area contributed by atoms with Gasteiger partial charge in [-0.15, -0.1) is 0 Å². The van der Waals surface area contributed by atoms with Crippen LogP contribution in [-0.2, 0) is 4.74 Å². The molecule has 0 bridgehead atoms. The van der Waals surface area contributed by atoms with Crippen LogP contribution in [0.4, 0.5) is 0 Å². The minimum absolute atomic E-state index is 0.156. The van der Waals surface area contributed by atoms with Crippen LogP contribution in [0.3, 0.4) is 0 Å². The predicted molar refractivity (Wildman–Crippen MR) is 36.6 cm³/mol. The van der Waals surface area contributed by atoms with E-state index in [4.69, 9.17) is 15.1 Å². The minimum Gasteiger partial charge on any atom is -0.392 e. The summed E-state index contributed by atoms with van der Waals surface area (Å²) in [5.41, 5.74) is -1.38. The van der Waals surface area contributed by atoms with Gasteiger partial charge in [-0.3, -0.25) is 0 Å². The Morgan fingerprint density at radius 3 is 2.64 bits per heavy atom. The molecule has 0 spiro atoms. The summed E-state index contributed by atoms with van der Waals surface area (Å²) in [6.45, 7) is 1.31. The van der Waals surface area contributed by atoms with Crippen LogP contribution in [0.2, 0.25) is 0 Å². The molecule has 3 atom stereocenters. The molecule has 1 aliphatic rings. The highest BCUT2D eigenvalue weighted by Crippen LogP contribution is 2.29. The number of hydrogen-bond acceptors (Lipinski definition) is 4. The van der Waals surface area contributed by atoms with Crippen LogP contribution in [0, 0.1) is 11.3 Å². The number of rotatable bonds is 1. The van der Waals surface area contributed by atoms with Crippen LogP contribution in [0.15, 0.2) is 0 Å². The molecule has 0 aromatic rings. The zero-order valence-electron chi connectivity index (χ0n) is 6.32. The van der Waals surface area contributed by atoms with Gasteiger partial charge in [-0.05, 0) is 6.92 Å². The molecule has 1 saturated heterocycles. The lowest BCUT2D eigenvalue weighted by Crippen LogP contribution is -2.41. The molecule has 2 N–H and O–H groups in total. The fourth-order valence-corrected chi connectivity index (χ4v) is 1.27. The summed E-state index contributed by atoms with van der Waals surface area (Å²) in [6.07, 6.45) is -0.613. The average Bonchev–Trinajstić information content (AvgIpc) is 2.27. The van der Waals surface area contributed by atoms with E-state index in [2.05, 4.69) is 0 Å². The predicted octanol–water partition coefficient (Wildman–Crippen LogP) is -0.589. The first kappa shape index (κ1) is 8.47. The largest absolute Gasteiger partial charge is 0.392 e. The first-order chi connectivity index (χ1) is 5.14. The van der Waals surface area contributed by atoms with Crippen molar-refractivity contribution in [2.75, 3.05) is 6.61 Å². The van der Waals surface area contributed by atoms with E-state index in [9.17, 15) is 5.11 Å². The van der Waals surface area contributed by atoms with Crippen molar-refractivity contribution < 1.29 is 14.9 Å². The maximum atomic E-state index is 9.30. The van der Waals surface area contributed by atoms with Crippen molar-refractivity contribution >= 4 is 0 Å². The Bertz CT molecular complexity index is 189. The quantitative estimate of drug-likeness (QED) is 0.533. The van der Waals surface area contributed by atoms with Crippen molar-refractivity contribution in [3.8, 4) is 6.07 Å². The second-order valence-corrected chi connectivity index (χ2v) is 2.84. The van der Waals surface area contributed by atoms with Crippen molar-refractivity contribution in [2.45, 2.75) is 31.2 Å². The third-order valence-electron chi connectivity index (χ3n) is 1.93. The van der Waals surface area contributed by atoms with E-state index >= 15 is 0 Å². The molecular weight excluding hydrogens is 146 g/mol. The van der Waals surface area contributed by atoms with E-state index in [1.807, 2.05) is 0 Å². The first-order valence-corrected chi connectivity index (χ1v) is 3.52.